The summed E-state index contributed by atoms with van der Waals surface area (Å²) >= 11 is 5.22. The van der Waals surface area contributed by atoms with Crippen LogP contribution in [0.3, 0.4) is 0 Å². The standard InChI is InChI=1S/C19H21N3O3S/c1-3-22-18(24)15-9-7-13(11-16(15)21-19(22)26)17(23)20-12(2)6-8-14-5-4-10-25-14/h4-5,7,9-12H,3,6,8H2,1-2H3,(H,20,23)(H,21,26)/t12-/m1/s1. The summed E-state index contributed by atoms with van der Waals surface area (Å²) in [5.41, 5.74) is 0.909. The Hall–Kier alpha value is -2.67. The lowest BCUT2D eigenvalue weighted by Gasteiger charge is -2.13. The van der Waals surface area contributed by atoms with Crippen LogP contribution in [0.5, 0.6) is 0 Å². The maximum atomic E-state index is 12.5. The third-order valence-corrected chi connectivity index (χ3v) is 4.66. The lowest BCUT2D eigenvalue weighted by Crippen LogP contribution is -2.33. The molecule has 26 heavy (non-hydrogen) atoms. The second-order valence-corrected chi connectivity index (χ2v) is 6.62. The first-order chi connectivity index (χ1) is 12.5. The number of nitrogens with one attached hydrogen (secondary N) is 2. The average molecular weight is 371 g/mol. The van der Waals surface area contributed by atoms with Gasteiger partial charge in [-0.05, 0) is 62.8 Å². The summed E-state index contributed by atoms with van der Waals surface area (Å²) in [4.78, 5) is 27.9. The van der Waals surface area contributed by atoms with Crippen molar-refractivity contribution in [1.82, 2.24) is 14.9 Å². The molecule has 3 rings (SSSR count). The molecule has 3 aromatic rings. The van der Waals surface area contributed by atoms with Gasteiger partial charge in [-0.15, -0.1) is 0 Å². The summed E-state index contributed by atoms with van der Waals surface area (Å²) in [6.07, 6.45) is 3.18. The van der Waals surface area contributed by atoms with E-state index in [9.17, 15) is 9.59 Å². The first kappa shape index (κ1) is 18.1. The topological polar surface area (TPSA) is 80.0 Å². The maximum absolute atomic E-state index is 12.5. The average Bonchev–Trinajstić information content (AvgIpc) is 3.13. The molecule has 6 nitrogen and oxygen atoms in total. The van der Waals surface area contributed by atoms with Gasteiger partial charge in [-0.3, -0.25) is 14.2 Å². The van der Waals surface area contributed by atoms with E-state index in [4.69, 9.17) is 16.6 Å². The van der Waals surface area contributed by atoms with E-state index >= 15 is 0 Å². The van der Waals surface area contributed by atoms with E-state index < -0.39 is 0 Å². The smallest absolute Gasteiger partial charge is 0.262 e. The Kier molecular flexibility index (Phi) is 5.37. The summed E-state index contributed by atoms with van der Waals surface area (Å²) in [5.74, 6) is 0.717. The molecule has 0 radical (unpaired) electrons. The Morgan fingerprint density at radius 2 is 2.19 bits per heavy atom. The molecule has 0 saturated carbocycles. The Morgan fingerprint density at radius 1 is 1.38 bits per heavy atom. The van der Waals surface area contributed by atoms with Crippen molar-refractivity contribution in [2.75, 3.05) is 0 Å². The number of aryl methyl sites for hydroxylation is 1. The van der Waals surface area contributed by atoms with Crippen LogP contribution in [0.1, 0.15) is 36.4 Å². The predicted molar refractivity (Wildman–Crippen MR) is 103 cm³/mol. The highest BCUT2D eigenvalue weighted by Gasteiger charge is 2.13. The number of rotatable bonds is 6. The zero-order chi connectivity index (χ0) is 18.7. The summed E-state index contributed by atoms with van der Waals surface area (Å²) in [6, 6.07) is 8.76. The summed E-state index contributed by atoms with van der Waals surface area (Å²) in [5, 5.41) is 3.49. The third-order valence-electron chi connectivity index (χ3n) is 4.34. The number of H-pyrrole nitrogens is 1. The molecule has 7 heteroatoms. The van der Waals surface area contributed by atoms with Crippen molar-refractivity contribution in [2.24, 2.45) is 0 Å². The normalized spacial score (nSPS) is 12.2. The minimum atomic E-state index is -0.183. The molecule has 1 aromatic carbocycles. The van der Waals surface area contributed by atoms with Gasteiger partial charge in [0.25, 0.3) is 11.5 Å². The first-order valence-corrected chi connectivity index (χ1v) is 9.00. The molecular formula is C19H21N3O3S. The number of aromatic nitrogens is 2. The lowest BCUT2D eigenvalue weighted by molar-refractivity contribution is 0.0938. The fraction of sp³-hybridized carbons (Fsp3) is 0.316. The summed E-state index contributed by atoms with van der Waals surface area (Å²) in [6.45, 7) is 4.32. The van der Waals surface area contributed by atoms with E-state index in [0.29, 0.717) is 27.8 Å². The Morgan fingerprint density at radius 3 is 2.88 bits per heavy atom. The largest absolute Gasteiger partial charge is 0.469 e. The molecule has 0 fully saturated rings. The molecule has 1 amide bonds. The number of hydrogen-bond acceptors (Lipinski definition) is 4. The first-order valence-electron chi connectivity index (χ1n) is 8.59. The van der Waals surface area contributed by atoms with Crippen molar-refractivity contribution in [3.63, 3.8) is 0 Å². The highest BCUT2D eigenvalue weighted by Crippen LogP contribution is 2.12. The van der Waals surface area contributed by atoms with Crippen LogP contribution in [0.25, 0.3) is 10.9 Å². The number of benzene rings is 1. The molecule has 2 heterocycles. The minimum Gasteiger partial charge on any atom is -0.469 e. The van der Waals surface area contributed by atoms with E-state index in [0.717, 1.165) is 18.6 Å². The quantitative estimate of drug-likeness (QED) is 0.651. The second kappa shape index (κ2) is 7.70. The van der Waals surface area contributed by atoms with E-state index in [1.807, 2.05) is 26.0 Å². The molecule has 1 atom stereocenters. The summed E-state index contributed by atoms with van der Waals surface area (Å²) in [7, 11) is 0. The number of amides is 1. The number of fused-ring (bicyclic) bond motifs is 1. The van der Waals surface area contributed by atoms with Crippen molar-refractivity contribution in [3.05, 3.63) is 63.0 Å². The Labute approximate surface area is 155 Å². The van der Waals surface area contributed by atoms with Gasteiger partial charge in [0.05, 0.1) is 17.2 Å². The van der Waals surface area contributed by atoms with Gasteiger partial charge in [-0.1, -0.05) is 0 Å². The van der Waals surface area contributed by atoms with Crippen LogP contribution >= 0.6 is 12.2 Å². The van der Waals surface area contributed by atoms with Crippen LogP contribution in [-0.2, 0) is 13.0 Å². The molecule has 0 aliphatic rings. The SMILES string of the molecule is CCn1c(=S)[nH]c2cc(C(=O)N[C@H](C)CCc3ccco3)ccc2c1=O. The number of nitrogens with zero attached hydrogens (tertiary/aromatic N) is 1. The highest BCUT2D eigenvalue weighted by molar-refractivity contribution is 7.71. The maximum Gasteiger partial charge on any atom is 0.262 e. The zero-order valence-corrected chi connectivity index (χ0v) is 15.6. The molecule has 0 bridgehead atoms. The molecule has 2 N–H and O–H groups in total. The van der Waals surface area contributed by atoms with Crippen LogP contribution in [0.4, 0.5) is 0 Å². The van der Waals surface area contributed by atoms with Gasteiger partial charge in [0.15, 0.2) is 4.77 Å². The molecule has 0 aliphatic carbocycles. The van der Waals surface area contributed by atoms with E-state index in [-0.39, 0.29) is 17.5 Å². The number of carbonyl (C=O) groups excluding carboxylic acids is 1. The van der Waals surface area contributed by atoms with Crippen LogP contribution in [0.2, 0.25) is 0 Å². The molecule has 136 valence electrons. The van der Waals surface area contributed by atoms with Gasteiger partial charge in [-0.25, -0.2) is 0 Å². The highest BCUT2D eigenvalue weighted by atomic mass is 32.1. The molecule has 2 aromatic heterocycles. The molecular weight excluding hydrogens is 350 g/mol. The van der Waals surface area contributed by atoms with Gasteiger partial charge in [0.1, 0.15) is 5.76 Å². The van der Waals surface area contributed by atoms with E-state index in [2.05, 4.69) is 10.3 Å². The van der Waals surface area contributed by atoms with Crippen LogP contribution in [0.15, 0.2) is 45.8 Å². The number of aromatic amines is 1. The van der Waals surface area contributed by atoms with Crippen LogP contribution < -0.4 is 10.9 Å². The Balaban J connectivity index is 1.76. The van der Waals surface area contributed by atoms with Gasteiger partial charge >= 0.3 is 0 Å². The van der Waals surface area contributed by atoms with Crippen molar-refractivity contribution in [2.45, 2.75) is 39.3 Å². The monoisotopic (exact) mass is 371 g/mol. The van der Waals surface area contributed by atoms with Crippen molar-refractivity contribution < 1.29 is 9.21 Å². The fourth-order valence-corrected chi connectivity index (χ4v) is 3.20. The zero-order valence-electron chi connectivity index (χ0n) is 14.7. The van der Waals surface area contributed by atoms with E-state index in [1.54, 1.807) is 24.5 Å². The molecule has 0 aliphatic heterocycles. The lowest BCUT2D eigenvalue weighted by atomic mass is 10.1. The van der Waals surface area contributed by atoms with Crippen molar-refractivity contribution in [1.29, 1.82) is 0 Å². The number of hydrogen-bond donors (Lipinski definition) is 2. The molecule has 0 spiro atoms. The van der Waals surface area contributed by atoms with Crippen LogP contribution in [0, 0.1) is 4.77 Å². The predicted octanol–water partition coefficient (Wildman–Crippen LogP) is 3.42. The van der Waals surface area contributed by atoms with Crippen molar-refractivity contribution >= 4 is 29.0 Å². The second-order valence-electron chi connectivity index (χ2n) is 6.23. The number of carbonyl (C=O) groups is 1. The van der Waals surface area contributed by atoms with Gasteiger partial charge in [0, 0.05) is 24.6 Å². The fourth-order valence-electron chi connectivity index (χ4n) is 2.88. The van der Waals surface area contributed by atoms with Gasteiger partial charge in [-0.2, -0.15) is 0 Å². The number of furan rings is 1. The summed E-state index contributed by atoms with van der Waals surface area (Å²) < 4.78 is 7.15. The van der Waals surface area contributed by atoms with Gasteiger partial charge in [0.2, 0.25) is 0 Å². The van der Waals surface area contributed by atoms with Crippen LogP contribution in [-0.4, -0.2) is 21.5 Å². The molecule has 0 saturated heterocycles. The Bertz CT molecular complexity index is 1030. The third kappa shape index (κ3) is 3.77. The van der Waals surface area contributed by atoms with E-state index in [1.165, 1.54) is 4.57 Å². The van der Waals surface area contributed by atoms with Crippen molar-refractivity contribution in [3.8, 4) is 0 Å². The van der Waals surface area contributed by atoms with Gasteiger partial charge < -0.3 is 14.7 Å². The molecule has 0 unspecified atom stereocenters. The minimum absolute atomic E-state index is 0.00474.